The smallest absolute Gasteiger partial charge is 0.123 e. The highest BCUT2D eigenvalue weighted by Gasteiger charge is 2.19. The molecule has 2 rings (SSSR count). The third-order valence-corrected chi connectivity index (χ3v) is 3.06. The van der Waals surface area contributed by atoms with Gasteiger partial charge < -0.3 is 0 Å². The van der Waals surface area contributed by atoms with E-state index in [1.54, 1.807) is 6.07 Å². The van der Waals surface area contributed by atoms with Gasteiger partial charge in [0.1, 0.15) is 5.82 Å². The highest BCUT2D eigenvalue weighted by Crippen LogP contribution is 2.37. The van der Waals surface area contributed by atoms with Gasteiger partial charge in [-0.1, -0.05) is 22.0 Å². The molecule has 58 valence electrons. The second-order valence-electron chi connectivity index (χ2n) is 2.85. The SMILES string of the molecule is Fc1ccc2c(c1)CCC2Br. The summed E-state index contributed by atoms with van der Waals surface area (Å²) in [4.78, 5) is 0.443. The van der Waals surface area contributed by atoms with Crippen molar-refractivity contribution in [2.75, 3.05) is 0 Å². The van der Waals surface area contributed by atoms with E-state index in [-0.39, 0.29) is 5.82 Å². The molecule has 1 aliphatic rings. The average Bonchev–Trinajstić information content (AvgIpc) is 2.32. The van der Waals surface area contributed by atoms with E-state index < -0.39 is 0 Å². The highest BCUT2D eigenvalue weighted by atomic mass is 79.9. The Bertz CT molecular complexity index is 283. The first-order valence-corrected chi connectivity index (χ1v) is 4.61. The van der Waals surface area contributed by atoms with Crippen molar-refractivity contribution in [3.63, 3.8) is 0 Å². The van der Waals surface area contributed by atoms with Crippen LogP contribution in [0.15, 0.2) is 18.2 Å². The summed E-state index contributed by atoms with van der Waals surface area (Å²) >= 11 is 3.54. The van der Waals surface area contributed by atoms with Gasteiger partial charge in [0.2, 0.25) is 0 Å². The molecule has 1 aromatic carbocycles. The van der Waals surface area contributed by atoms with Gasteiger partial charge in [0.25, 0.3) is 0 Å². The minimum atomic E-state index is -0.120. The summed E-state index contributed by atoms with van der Waals surface area (Å²) in [6.45, 7) is 0. The molecule has 0 N–H and O–H groups in total. The molecule has 0 nitrogen and oxygen atoms in total. The largest absolute Gasteiger partial charge is 0.207 e. The number of alkyl halides is 1. The van der Waals surface area contributed by atoms with Crippen LogP contribution >= 0.6 is 15.9 Å². The normalized spacial score (nSPS) is 21.8. The van der Waals surface area contributed by atoms with Crippen LogP contribution in [0.2, 0.25) is 0 Å². The predicted octanol–water partition coefficient (Wildman–Crippen LogP) is 3.21. The molecule has 0 saturated carbocycles. The predicted molar refractivity (Wildman–Crippen MR) is 46.4 cm³/mol. The zero-order valence-corrected chi connectivity index (χ0v) is 7.57. The summed E-state index contributed by atoms with van der Waals surface area (Å²) in [6, 6.07) is 5.03. The van der Waals surface area contributed by atoms with Crippen LogP contribution in [0.4, 0.5) is 4.39 Å². The van der Waals surface area contributed by atoms with Crippen molar-refractivity contribution in [3.05, 3.63) is 35.1 Å². The van der Waals surface area contributed by atoms with Gasteiger partial charge in [-0.05, 0) is 36.1 Å². The Morgan fingerprint density at radius 2 is 2.27 bits per heavy atom. The maximum absolute atomic E-state index is 12.7. The van der Waals surface area contributed by atoms with Crippen molar-refractivity contribution in [1.29, 1.82) is 0 Å². The zero-order valence-electron chi connectivity index (χ0n) is 5.98. The molecule has 1 atom stereocenters. The molecular formula is C9H8BrF. The van der Waals surface area contributed by atoms with Crippen molar-refractivity contribution in [2.45, 2.75) is 17.7 Å². The lowest BCUT2D eigenvalue weighted by atomic mass is 10.1. The van der Waals surface area contributed by atoms with E-state index >= 15 is 0 Å². The van der Waals surface area contributed by atoms with Crippen LogP contribution < -0.4 is 0 Å². The fraction of sp³-hybridized carbons (Fsp3) is 0.333. The van der Waals surface area contributed by atoms with Crippen LogP contribution in [0.5, 0.6) is 0 Å². The molecule has 0 amide bonds. The summed E-state index contributed by atoms with van der Waals surface area (Å²) in [5, 5.41) is 0. The summed E-state index contributed by atoms with van der Waals surface area (Å²) in [5.41, 5.74) is 2.42. The van der Waals surface area contributed by atoms with Crippen LogP contribution in [0.1, 0.15) is 22.4 Å². The minimum Gasteiger partial charge on any atom is -0.207 e. The molecule has 0 aliphatic heterocycles. The van der Waals surface area contributed by atoms with Crippen molar-refractivity contribution in [1.82, 2.24) is 0 Å². The van der Waals surface area contributed by atoms with E-state index in [1.807, 2.05) is 6.07 Å². The number of hydrogen-bond acceptors (Lipinski definition) is 0. The second-order valence-corrected chi connectivity index (χ2v) is 3.95. The van der Waals surface area contributed by atoms with E-state index in [0.29, 0.717) is 4.83 Å². The third kappa shape index (κ3) is 1.20. The Hall–Kier alpha value is -0.370. The van der Waals surface area contributed by atoms with Crippen LogP contribution in [0, 0.1) is 5.82 Å². The molecule has 0 bridgehead atoms. The van der Waals surface area contributed by atoms with E-state index in [1.165, 1.54) is 11.6 Å². The monoisotopic (exact) mass is 214 g/mol. The minimum absolute atomic E-state index is 0.120. The highest BCUT2D eigenvalue weighted by molar-refractivity contribution is 9.09. The molecule has 1 aliphatic carbocycles. The van der Waals surface area contributed by atoms with Crippen molar-refractivity contribution in [3.8, 4) is 0 Å². The number of aryl methyl sites for hydroxylation is 1. The maximum atomic E-state index is 12.7. The molecule has 11 heavy (non-hydrogen) atoms. The average molecular weight is 215 g/mol. The van der Waals surface area contributed by atoms with Gasteiger partial charge in [-0.15, -0.1) is 0 Å². The van der Waals surface area contributed by atoms with Gasteiger partial charge in [0, 0.05) is 4.83 Å². The van der Waals surface area contributed by atoms with E-state index in [0.717, 1.165) is 18.4 Å². The summed E-state index contributed by atoms with van der Waals surface area (Å²) < 4.78 is 12.7. The summed E-state index contributed by atoms with van der Waals surface area (Å²) in [6.07, 6.45) is 2.10. The van der Waals surface area contributed by atoms with Crippen LogP contribution in [0.25, 0.3) is 0 Å². The first-order valence-electron chi connectivity index (χ1n) is 3.70. The third-order valence-electron chi connectivity index (χ3n) is 2.11. The van der Waals surface area contributed by atoms with Crippen LogP contribution in [-0.4, -0.2) is 0 Å². The Labute approximate surface area is 73.6 Å². The molecule has 0 saturated heterocycles. The van der Waals surface area contributed by atoms with Gasteiger partial charge in [0.05, 0.1) is 0 Å². The molecule has 2 heteroatoms. The van der Waals surface area contributed by atoms with Crippen LogP contribution in [0.3, 0.4) is 0 Å². The molecular weight excluding hydrogens is 207 g/mol. The first-order chi connectivity index (χ1) is 5.27. The summed E-state index contributed by atoms with van der Waals surface area (Å²) in [5.74, 6) is -0.120. The second kappa shape index (κ2) is 2.59. The van der Waals surface area contributed by atoms with E-state index in [9.17, 15) is 4.39 Å². The molecule has 0 spiro atoms. The van der Waals surface area contributed by atoms with Crippen LogP contribution in [-0.2, 0) is 6.42 Å². The number of fused-ring (bicyclic) bond motifs is 1. The van der Waals surface area contributed by atoms with Gasteiger partial charge in [-0.25, -0.2) is 4.39 Å². The van der Waals surface area contributed by atoms with Gasteiger partial charge in [0.15, 0.2) is 0 Å². The Morgan fingerprint density at radius 3 is 3.09 bits per heavy atom. The lowest BCUT2D eigenvalue weighted by Gasteiger charge is -2.00. The Kier molecular flexibility index (Phi) is 1.72. The quantitative estimate of drug-likeness (QED) is 0.583. The molecule has 0 radical (unpaired) electrons. The lowest BCUT2D eigenvalue weighted by molar-refractivity contribution is 0.626. The molecule has 0 fully saturated rings. The van der Waals surface area contributed by atoms with Gasteiger partial charge in [-0.3, -0.25) is 0 Å². The van der Waals surface area contributed by atoms with E-state index in [4.69, 9.17) is 0 Å². The zero-order chi connectivity index (χ0) is 7.84. The van der Waals surface area contributed by atoms with Crippen molar-refractivity contribution < 1.29 is 4.39 Å². The Morgan fingerprint density at radius 1 is 1.45 bits per heavy atom. The first kappa shape index (κ1) is 7.29. The molecule has 1 aromatic rings. The maximum Gasteiger partial charge on any atom is 0.123 e. The van der Waals surface area contributed by atoms with E-state index in [2.05, 4.69) is 15.9 Å². The molecule has 0 aromatic heterocycles. The number of halogens is 2. The lowest BCUT2D eigenvalue weighted by Crippen LogP contribution is -1.84. The van der Waals surface area contributed by atoms with Crippen molar-refractivity contribution in [2.24, 2.45) is 0 Å². The number of rotatable bonds is 0. The standard InChI is InChI=1S/C9H8BrF/c10-9-4-1-6-5-7(11)2-3-8(6)9/h2-3,5,9H,1,4H2. The van der Waals surface area contributed by atoms with Gasteiger partial charge >= 0.3 is 0 Å². The summed E-state index contributed by atoms with van der Waals surface area (Å²) in [7, 11) is 0. The van der Waals surface area contributed by atoms with Crippen molar-refractivity contribution >= 4 is 15.9 Å². The number of hydrogen-bond donors (Lipinski definition) is 0. The molecule has 0 heterocycles. The molecule has 1 unspecified atom stereocenters. The Balaban J connectivity index is 2.50. The topological polar surface area (TPSA) is 0 Å². The number of benzene rings is 1. The van der Waals surface area contributed by atoms with Gasteiger partial charge in [-0.2, -0.15) is 0 Å². The fourth-order valence-corrected chi connectivity index (χ4v) is 2.21. The fourth-order valence-electron chi connectivity index (χ4n) is 1.53.